The molecular formula is C14H27N3O2S. The number of rotatable bonds is 4. The molecule has 3 aliphatic rings. The van der Waals surface area contributed by atoms with Gasteiger partial charge in [0.05, 0.1) is 5.75 Å². The molecule has 0 bridgehead atoms. The molecule has 3 saturated heterocycles. The monoisotopic (exact) mass is 301 g/mol. The lowest BCUT2D eigenvalue weighted by atomic mass is 10.00. The molecule has 3 rings (SSSR count). The maximum atomic E-state index is 12.4. The Kier molecular flexibility index (Phi) is 4.65. The number of hydrogen-bond acceptors (Lipinski definition) is 4. The zero-order valence-corrected chi connectivity index (χ0v) is 13.0. The van der Waals surface area contributed by atoms with E-state index in [2.05, 4.69) is 14.9 Å². The van der Waals surface area contributed by atoms with E-state index in [9.17, 15) is 8.42 Å². The van der Waals surface area contributed by atoms with Crippen LogP contribution < -0.4 is 10.0 Å². The van der Waals surface area contributed by atoms with Gasteiger partial charge in [-0.2, -0.15) is 0 Å². The third-order valence-corrected chi connectivity index (χ3v) is 6.67. The Morgan fingerprint density at radius 2 is 1.85 bits per heavy atom. The summed E-state index contributed by atoms with van der Waals surface area (Å²) in [6, 6.07) is 0.605. The summed E-state index contributed by atoms with van der Waals surface area (Å²) in [5, 5.41) is 3.29. The van der Waals surface area contributed by atoms with Gasteiger partial charge in [0.15, 0.2) is 0 Å². The molecule has 0 spiro atoms. The van der Waals surface area contributed by atoms with E-state index in [1.54, 1.807) is 0 Å². The summed E-state index contributed by atoms with van der Waals surface area (Å²) in [6.07, 6.45) is 6.62. The van der Waals surface area contributed by atoms with Gasteiger partial charge < -0.3 is 5.32 Å². The minimum Gasteiger partial charge on any atom is -0.317 e. The Hall–Kier alpha value is -0.170. The van der Waals surface area contributed by atoms with Gasteiger partial charge in [0.2, 0.25) is 10.0 Å². The quantitative estimate of drug-likeness (QED) is 0.795. The predicted octanol–water partition coefficient (Wildman–Crippen LogP) is 0.532. The van der Waals surface area contributed by atoms with Crippen molar-refractivity contribution >= 4 is 10.0 Å². The van der Waals surface area contributed by atoms with Crippen molar-refractivity contribution in [2.45, 2.75) is 50.6 Å². The smallest absolute Gasteiger partial charge is 0.212 e. The second-order valence-corrected chi connectivity index (χ2v) is 8.39. The Labute approximate surface area is 122 Å². The maximum absolute atomic E-state index is 12.4. The van der Waals surface area contributed by atoms with Crippen LogP contribution >= 0.6 is 0 Å². The van der Waals surface area contributed by atoms with Gasteiger partial charge in [0.1, 0.15) is 0 Å². The molecule has 0 aliphatic carbocycles. The fourth-order valence-electron chi connectivity index (χ4n) is 4.02. The zero-order chi connectivity index (χ0) is 14.0. The van der Waals surface area contributed by atoms with Crippen LogP contribution in [0.15, 0.2) is 0 Å². The molecular weight excluding hydrogens is 274 g/mol. The molecule has 6 heteroatoms. The first kappa shape index (κ1) is 14.8. The Morgan fingerprint density at radius 1 is 1.05 bits per heavy atom. The van der Waals surface area contributed by atoms with Gasteiger partial charge in [0.25, 0.3) is 0 Å². The fraction of sp³-hybridized carbons (Fsp3) is 1.00. The molecule has 20 heavy (non-hydrogen) atoms. The minimum absolute atomic E-state index is 0.155. The summed E-state index contributed by atoms with van der Waals surface area (Å²) in [5.74, 6) is 0.648. The van der Waals surface area contributed by atoms with Crippen LogP contribution in [0.2, 0.25) is 0 Å². The van der Waals surface area contributed by atoms with Gasteiger partial charge in [-0.1, -0.05) is 6.42 Å². The van der Waals surface area contributed by atoms with Crippen molar-refractivity contribution in [2.75, 3.05) is 31.9 Å². The summed E-state index contributed by atoms with van der Waals surface area (Å²) in [5.41, 5.74) is 0. The molecule has 2 unspecified atom stereocenters. The van der Waals surface area contributed by atoms with Crippen LogP contribution in [0.3, 0.4) is 0 Å². The van der Waals surface area contributed by atoms with Crippen LogP contribution in [-0.2, 0) is 10.0 Å². The largest absolute Gasteiger partial charge is 0.317 e. The van der Waals surface area contributed by atoms with Crippen molar-refractivity contribution < 1.29 is 8.42 Å². The average Bonchev–Trinajstić information content (AvgIpc) is 2.82. The summed E-state index contributed by atoms with van der Waals surface area (Å²) >= 11 is 0. The number of nitrogens with one attached hydrogen (secondary N) is 2. The third-order valence-electron chi connectivity index (χ3n) is 5.10. The number of piperidine rings is 2. The number of hydrogen-bond donors (Lipinski definition) is 2. The Balaban J connectivity index is 1.55. The van der Waals surface area contributed by atoms with Crippen molar-refractivity contribution in [3.63, 3.8) is 0 Å². The molecule has 3 fully saturated rings. The van der Waals surface area contributed by atoms with E-state index in [-0.39, 0.29) is 6.04 Å². The second-order valence-electron chi connectivity index (χ2n) is 6.59. The SMILES string of the molecule is O=S(=O)(CC1CCNCC1)NC1CCN2CCCCC12. The summed E-state index contributed by atoms with van der Waals surface area (Å²) < 4.78 is 27.8. The lowest BCUT2D eigenvalue weighted by Gasteiger charge is -2.32. The lowest BCUT2D eigenvalue weighted by molar-refractivity contribution is 0.186. The highest BCUT2D eigenvalue weighted by atomic mass is 32.2. The highest BCUT2D eigenvalue weighted by Gasteiger charge is 2.37. The number of fused-ring (bicyclic) bond motifs is 1. The van der Waals surface area contributed by atoms with Gasteiger partial charge in [-0.3, -0.25) is 4.90 Å². The zero-order valence-electron chi connectivity index (χ0n) is 12.2. The van der Waals surface area contributed by atoms with Crippen LogP contribution in [-0.4, -0.2) is 57.3 Å². The van der Waals surface area contributed by atoms with Crippen LogP contribution in [0, 0.1) is 5.92 Å². The Morgan fingerprint density at radius 3 is 2.65 bits per heavy atom. The summed E-state index contributed by atoms with van der Waals surface area (Å²) in [4.78, 5) is 2.47. The maximum Gasteiger partial charge on any atom is 0.212 e. The number of nitrogens with zero attached hydrogens (tertiary/aromatic N) is 1. The molecule has 0 amide bonds. The van der Waals surface area contributed by atoms with Crippen LogP contribution in [0.5, 0.6) is 0 Å². The lowest BCUT2D eigenvalue weighted by Crippen LogP contribution is -2.48. The molecule has 0 aromatic rings. The summed E-state index contributed by atoms with van der Waals surface area (Å²) in [7, 11) is -3.12. The highest BCUT2D eigenvalue weighted by Crippen LogP contribution is 2.27. The molecule has 3 aliphatic heterocycles. The predicted molar refractivity (Wildman–Crippen MR) is 80.1 cm³/mol. The highest BCUT2D eigenvalue weighted by molar-refractivity contribution is 7.89. The van der Waals surface area contributed by atoms with Crippen molar-refractivity contribution in [1.29, 1.82) is 0 Å². The molecule has 2 N–H and O–H groups in total. The van der Waals surface area contributed by atoms with Gasteiger partial charge in [0, 0.05) is 18.6 Å². The van der Waals surface area contributed by atoms with Gasteiger partial charge in [-0.15, -0.1) is 0 Å². The van der Waals surface area contributed by atoms with Crippen molar-refractivity contribution in [3.8, 4) is 0 Å². The molecule has 5 nitrogen and oxygen atoms in total. The third kappa shape index (κ3) is 3.53. The minimum atomic E-state index is -3.12. The van der Waals surface area contributed by atoms with Gasteiger partial charge in [-0.25, -0.2) is 13.1 Å². The molecule has 116 valence electrons. The summed E-state index contributed by atoms with van der Waals surface area (Å²) in [6.45, 7) is 4.13. The van der Waals surface area contributed by atoms with Crippen LogP contribution in [0.4, 0.5) is 0 Å². The van der Waals surface area contributed by atoms with Gasteiger partial charge >= 0.3 is 0 Å². The van der Waals surface area contributed by atoms with E-state index in [1.807, 2.05) is 0 Å². The first-order valence-electron chi connectivity index (χ1n) is 8.09. The fourth-order valence-corrected chi connectivity index (χ4v) is 5.81. The van der Waals surface area contributed by atoms with Crippen molar-refractivity contribution in [1.82, 2.24) is 14.9 Å². The average molecular weight is 301 g/mol. The second kappa shape index (κ2) is 6.30. The van der Waals surface area contributed by atoms with E-state index in [0.717, 1.165) is 51.9 Å². The molecule has 0 aromatic carbocycles. The number of sulfonamides is 1. The van der Waals surface area contributed by atoms with Crippen LogP contribution in [0.1, 0.15) is 38.5 Å². The molecule has 0 radical (unpaired) electrons. The van der Waals surface area contributed by atoms with E-state index in [4.69, 9.17) is 0 Å². The molecule has 2 atom stereocenters. The van der Waals surface area contributed by atoms with Crippen molar-refractivity contribution in [3.05, 3.63) is 0 Å². The van der Waals surface area contributed by atoms with E-state index < -0.39 is 10.0 Å². The van der Waals surface area contributed by atoms with Crippen molar-refractivity contribution in [2.24, 2.45) is 5.92 Å². The van der Waals surface area contributed by atoms with Gasteiger partial charge in [-0.05, 0) is 57.7 Å². The molecule has 3 heterocycles. The standard InChI is InChI=1S/C14H27N3O2S/c18-20(19,11-12-4-7-15-8-5-12)16-13-6-10-17-9-2-1-3-14(13)17/h12-16H,1-11H2. The van der Waals surface area contributed by atoms with E-state index in [0.29, 0.717) is 17.7 Å². The first-order valence-corrected chi connectivity index (χ1v) is 9.74. The Bertz CT molecular complexity index is 420. The molecule has 0 saturated carbocycles. The normalized spacial score (nSPS) is 33.2. The topological polar surface area (TPSA) is 61.4 Å². The van der Waals surface area contributed by atoms with E-state index >= 15 is 0 Å². The van der Waals surface area contributed by atoms with E-state index in [1.165, 1.54) is 12.8 Å². The first-order chi connectivity index (χ1) is 9.64. The molecule has 0 aromatic heterocycles. The van der Waals surface area contributed by atoms with Crippen LogP contribution in [0.25, 0.3) is 0 Å².